The Morgan fingerprint density at radius 3 is 2.53 bits per heavy atom. The molecular weight excluding hydrogens is 451 g/mol. The van der Waals surface area contributed by atoms with Crippen molar-refractivity contribution in [2.75, 3.05) is 22.1 Å². The summed E-state index contributed by atoms with van der Waals surface area (Å²) in [5.74, 6) is -0.00157. The van der Waals surface area contributed by atoms with Gasteiger partial charge in [0, 0.05) is 18.0 Å². The van der Waals surface area contributed by atoms with Gasteiger partial charge in [-0.15, -0.1) is 0 Å². The summed E-state index contributed by atoms with van der Waals surface area (Å²) in [5.41, 5.74) is 5.62. The molecule has 3 aromatic rings. The van der Waals surface area contributed by atoms with Crippen LogP contribution in [0.3, 0.4) is 0 Å². The predicted molar refractivity (Wildman–Crippen MR) is 119 cm³/mol. The lowest BCUT2D eigenvalue weighted by Crippen LogP contribution is -2.33. The average Bonchev–Trinajstić information content (AvgIpc) is 3.07. The number of nitrogen functional groups attached to an aromatic ring is 1. The molecule has 0 unspecified atom stereocenters. The Labute approximate surface area is 192 Å². The molecule has 4 rings (SSSR count). The Hall–Kier alpha value is -4.15. The van der Waals surface area contributed by atoms with Gasteiger partial charge in [-0.2, -0.15) is 18.2 Å². The molecule has 0 aliphatic carbocycles. The standard InChI is InChI=1S/C23H20F3N5O3/c1-13(2)17-11-16(34-19-8-9-28-21(27)29-19)6-7-18(17)31-20(32)12-30(22(31)33)15-5-3-4-14(10-15)23(24,25)26/h3-11,13H,12H2,1-2H3,(H2,27,28,29). The van der Waals surface area contributed by atoms with E-state index in [4.69, 9.17) is 10.5 Å². The van der Waals surface area contributed by atoms with E-state index in [0.29, 0.717) is 17.0 Å². The Kier molecular flexibility index (Phi) is 5.86. The molecular formula is C23H20F3N5O3. The van der Waals surface area contributed by atoms with Gasteiger partial charge in [-0.1, -0.05) is 19.9 Å². The van der Waals surface area contributed by atoms with E-state index in [0.717, 1.165) is 21.9 Å². The summed E-state index contributed by atoms with van der Waals surface area (Å²) in [4.78, 5) is 35.7. The predicted octanol–water partition coefficient (Wildman–Crippen LogP) is 4.97. The number of carbonyl (C=O) groups is 2. The summed E-state index contributed by atoms with van der Waals surface area (Å²) in [6, 6.07) is 9.90. The molecule has 8 nitrogen and oxygen atoms in total. The summed E-state index contributed by atoms with van der Waals surface area (Å²) in [6.07, 6.45) is -3.13. The van der Waals surface area contributed by atoms with Crippen molar-refractivity contribution in [2.24, 2.45) is 0 Å². The lowest BCUT2D eigenvalue weighted by molar-refractivity contribution is -0.137. The quantitative estimate of drug-likeness (QED) is 0.528. The number of benzene rings is 2. The van der Waals surface area contributed by atoms with Crippen molar-refractivity contribution in [2.45, 2.75) is 25.9 Å². The molecule has 34 heavy (non-hydrogen) atoms. The Morgan fingerprint density at radius 1 is 1.09 bits per heavy atom. The summed E-state index contributed by atoms with van der Waals surface area (Å²) < 4.78 is 45.1. The van der Waals surface area contributed by atoms with Crippen LogP contribution in [0.1, 0.15) is 30.9 Å². The van der Waals surface area contributed by atoms with Crippen molar-refractivity contribution >= 4 is 29.3 Å². The van der Waals surface area contributed by atoms with Gasteiger partial charge < -0.3 is 10.5 Å². The zero-order valence-electron chi connectivity index (χ0n) is 18.2. The highest BCUT2D eigenvalue weighted by Gasteiger charge is 2.40. The molecule has 3 amide bonds. The molecule has 0 atom stereocenters. The van der Waals surface area contributed by atoms with Crippen LogP contribution in [-0.2, 0) is 11.0 Å². The first-order valence-corrected chi connectivity index (χ1v) is 10.3. The molecule has 1 fully saturated rings. The lowest BCUT2D eigenvalue weighted by atomic mass is 10.00. The topological polar surface area (TPSA) is 102 Å². The number of hydrogen-bond acceptors (Lipinski definition) is 6. The van der Waals surface area contributed by atoms with Crippen LogP contribution < -0.4 is 20.3 Å². The highest BCUT2D eigenvalue weighted by atomic mass is 19.4. The number of nitrogens with two attached hydrogens (primary N) is 1. The number of rotatable bonds is 5. The maximum absolute atomic E-state index is 13.2. The van der Waals surface area contributed by atoms with E-state index in [1.807, 2.05) is 13.8 Å². The van der Waals surface area contributed by atoms with Crippen molar-refractivity contribution in [1.29, 1.82) is 0 Å². The van der Waals surface area contributed by atoms with Crippen LogP contribution in [0.5, 0.6) is 11.6 Å². The smallest absolute Gasteiger partial charge is 0.416 e. The van der Waals surface area contributed by atoms with E-state index in [1.165, 1.54) is 24.4 Å². The largest absolute Gasteiger partial charge is 0.439 e. The minimum Gasteiger partial charge on any atom is -0.439 e. The van der Waals surface area contributed by atoms with Crippen LogP contribution in [0.15, 0.2) is 54.7 Å². The number of amides is 3. The van der Waals surface area contributed by atoms with Gasteiger partial charge in [0.1, 0.15) is 12.3 Å². The van der Waals surface area contributed by atoms with Crippen LogP contribution in [0.25, 0.3) is 0 Å². The number of alkyl halides is 3. The fourth-order valence-corrected chi connectivity index (χ4v) is 3.59. The monoisotopic (exact) mass is 471 g/mol. The van der Waals surface area contributed by atoms with Gasteiger partial charge in [-0.25, -0.2) is 14.7 Å². The third kappa shape index (κ3) is 4.49. The maximum atomic E-state index is 13.2. The van der Waals surface area contributed by atoms with Gasteiger partial charge in [-0.05, 0) is 47.9 Å². The molecule has 2 aromatic carbocycles. The highest BCUT2D eigenvalue weighted by molar-refractivity contribution is 6.27. The molecule has 0 spiro atoms. The number of urea groups is 1. The first-order chi connectivity index (χ1) is 16.0. The van der Waals surface area contributed by atoms with Crippen LogP contribution in [0.2, 0.25) is 0 Å². The average molecular weight is 471 g/mol. The molecule has 1 aromatic heterocycles. The molecule has 176 valence electrons. The van der Waals surface area contributed by atoms with Gasteiger partial charge in [0.25, 0.3) is 5.91 Å². The minimum atomic E-state index is -4.57. The molecule has 0 saturated carbocycles. The second-order valence-corrected chi connectivity index (χ2v) is 7.88. The molecule has 0 bridgehead atoms. The first kappa shape index (κ1) is 23.0. The van der Waals surface area contributed by atoms with Crippen molar-refractivity contribution in [3.05, 3.63) is 65.9 Å². The number of anilines is 3. The van der Waals surface area contributed by atoms with Crippen LogP contribution in [0, 0.1) is 0 Å². The zero-order chi connectivity index (χ0) is 24.6. The SMILES string of the molecule is CC(C)c1cc(Oc2ccnc(N)n2)ccc1N1C(=O)CN(c2cccc(C(F)(F)F)c2)C1=O. The van der Waals surface area contributed by atoms with Gasteiger partial charge in [0.2, 0.25) is 11.8 Å². The van der Waals surface area contributed by atoms with Crippen molar-refractivity contribution in [1.82, 2.24) is 9.97 Å². The van der Waals surface area contributed by atoms with Crippen LogP contribution in [-0.4, -0.2) is 28.5 Å². The maximum Gasteiger partial charge on any atom is 0.416 e. The zero-order valence-corrected chi connectivity index (χ0v) is 18.2. The van der Waals surface area contributed by atoms with Gasteiger partial charge in [0.15, 0.2) is 0 Å². The van der Waals surface area contributed by atoms with E-state index in [9.17, 15) is 22.8 Å². The summed E-state index contributed by atoms with van der Waals surface area (Å²) in [6.45, 7) is 3.37. The molecule has 0 radical (unpaired) electrons. The molecule has 1 saturated heterocycles. The Morgan fingerprint density at radius 2 is 1.85 bits per heavy atom. The van der Waals surface area contributed by atoms with Gasteiger partial charge in [-0.3, -0.25) is 9.69 Å². The van der Waals surface area contributed by atoms with E-state index >= 15 is 0 Å². The highest BCUT2D eigenvalue weighted by Crippen LogP contribution is 2.37. The van der Waals surface area contributed by atoms with E-state index in [1.54, 1.807) is 18.2 Å². The van der Waals surface area contributed by atoms with E-state index < -0.39 is 23.7 Å². The molecule has 1 aliphatic heterocycles. The molecule has 2 heterocycles. The summed E-state index contributed by atoms with van der Waals surface area (Å²) in [5, 5.41) is 0. The number of hydrogen-bond donors (Lipinski definition) is 1. The molecule has 2 N–H and O–H groups in total. The third-order valence-corrected chi connectivity index (χ3v) is 5.18. The van der Waals surface area contributed by atoms with Gasteiger partial charge >= 0.3 is 12.2 Å². The van der Waals surface area contributed by atoms with Crippen molar-refractivity contribution in [3.8, 4) is 11.6 Å². The second kappa shape index (κ2) is 8.65. The number of imide groups is 1. The van der Waals surface area contributed by atoms with Gasteiger partial charge in [0.05, 0.1) is 11.3 Å². The molecule has 1 aliphatic rings. The van der Waals surface area contributed by atoms with Crippen LogP contribution in [0.4, 0.5) is 35.3 Å². The first-order valence-electron chi connectivity index (χ1n) is 10.3. The number of nitrogens with zero attached hydrogens (tertiary/aromatic N) is 4. The van der Waals surface area contributed by atoms with E-state index in [-0.39, 0.29) is 30.0 Å². The number of carbonyl (C=O) groups excluding carboxylic acids is 2. The Bertz CT molecular complexity index is 1260. The van der Waals surface area contributed by atoms with Crippen molar-refractivity contribution in [3.63, 3.8) is 0 Å². The lowest BCUT2D eigenvalue weighted by Gasteiger charge is -2.22. The third-order valence-electron chi connectivity index (χ3n) is 5.18. The number of ether oxygens (including phenoxy) is 1. The van der Waals surface area contributed by atoms with Crippen molar-refractivity contribution < 1.29 is 27.5 Å². The fourth-order valence-electron chi connectivity index (χ4n) is 3.59. The minimum absolute atomic E-state index is 0.0110. The summed E-state index contributed by atoms with van der Waals surface area (Å²) in [7, 11) is 0. The van der Waals surface area contributed by atoms with E-state index in [2.05, 4.69) is 9.97 Å². The second-order valence-electron chi connectivity index (χ2n) is 7.88. The van der Waals surface area contributed by atoms with Crippen LogP contribution >= 0.6 is 0 Å². The number of halogens is 3. The number of aromatic nitrogens is 2. The normalized spacial score (nSPS) is 14.3. The summed E-state index contributed by atoms with van der Waals surface area (Å²) >= 11 is 0. The molecule has 11 heteroatoms. The fraction of sp³-hybridized carbons (Fsp3) is 0.217. The Balaban J connectivity index is 1.66.